The minimum absolute atomic E-state index is 0.391. The van der Waals surface area contributed by atoms with E-state index >= 15 is 0 Å². The van der Waals surface area contributed by atoms with Gasteiger partial charge in [-0.2, -0.15) is 5.84 Å². The molecule has 64 valence electrons. The lowest BCUT2D eigenvalue weighted by Crippen LogP contribution is -2.08. The summed E-state index contributed by atoms with van der Waals surface area (Å²) in [6.07, 6.45) is 0. The standard InChI is InChI=1S/C10H9N2O/c11-12(13)10-7-3-5-8-4-1-2-6-9(8)10/h1-7H,(H2,11,13)/q+1. The predicted molar refractivity (Wildman–Crippen MR) is 51.4 cm³/mol. The quantitative estimate of drug-likeness (QED) is 0.408. The molecule has 2 rings (SSSR count). The van der Waals surface area contributed by atoms with Crippen LogP contribution >= 0.6 is 0 Å². The van der Waals surface area contributed by atoms with Crippen molar-refractivity contribution in [1.82, 2.24) is 0 Å². The first kappa shape index (κ1) is 7.73. The van der Waals surface area contributed by atoms with Gasteiger partial charge in [0.15, 0.2) is 4.87 Å². The number of nitroso groups, excluding NO2 is 1. The maximum Gasteiger partial charge on any atom is 0.299 e. The Morgan fingerprint density at radius 1 is 1.00 bits per heavy atom. The van der Waals surface area contributed by atoms with Crippen molar-refractivity contribution in [2.45, 2.75) is 0 Å². The zero-order chi connectivity index (χ0) is 9.26. The summed E-state index contributed by atoms with van der Waals surface area (Å²) in [6, 6.07) is 13.1. The van der Waals surface area contributed by atoms with Gasteiger partial charge in [0.25, 0.3) is 5.69 Å². The Morgan fingerprint density at radius 3 is 2.46 bits per heavy atom. The SMILES string of the molecule is N[N+](=O)c1cccc2ccccc12. The Bertz CT molecular complexity index is 460. The molecule has 0 saturated carbocycles. The molecule has 0 atom stereocenters. The van der Waals surface area contributed by atoms with E-state index in [0.717, 1.165) is 10.8 Å². The summed E-state index contributed by atoms with van der Waals surface area (Å²) >= 11 is 0. The number of rotatable bonds is 1. The second-order valence-corrected chi connectivity index (χ2v) is 2.82. The first-order chi connectivity index (χ1) is 6.29. The van der Waals surface area contributed by atoms with Crippen molar-refractivity contribution in [3.8, 4) is 0 Å². The largest absolute Gasteiger partial charge is 0.299 e. The fourth-order valence-corrected chi connectivity index (χ4v) is 1.40. The summed E-state index contributed by atoms with van der Waals surface area (Å²) in [5.41, 5.74) is 0.498. The lowest BCUT2D eigenvalue weighted by Gasteiger charge is -1.95. The molecule has 0 bridgehead atoms. The van der Waals surface area contributed by atoms with Crippen molar-refractivity contribution in [2.75, 3.05) is 0 Å². The Hall–Kier alpha value is -1.90. The van der Waals surface area contributed by atoms with E-state index in [9.17, 15) is 4.91 Å². The smallest absolute Gasteiger partial charge is 0.159 e. The molecule has 2 aromatic rings. The van der Waals surface area contributed by atoms with E-state index in [4.69, 9.17) is 5.84 Å². The van der Waals surface area contributed by atoms with Crippen molar-refractivity contribution in [2.24, 2.45) is 5.84 Å². The van der Waals surface area contributed by atoms with Gasteiger partial charge in [0.05, 0.1) is 10.3 Å². The van der Waals surface area contributed by atoms with Crippen LogP contribution < -0.4 is 5.84 Å². The fraction of sp³-hybridized carbons (Fsp3) is 0. The number of hydrogen-bond acceptors (Lipinski definition) is 1. The number of hydrogen-bond donors (Lipinski definition) is 1. The van der Waals surface area contributed by atoms with Crippen LogP contribution in [0, 0.1) is 4.91 Å². The van der Waals surface area contributed by atoms with Gasteiger partial charge in [0.1, 0.15) is 0 Å². The maximum atomic E-state index is 11.0. The molecule has 3 heteroatoms. The van der Waals surface area contributed by atoms with E-state index in [2.05, 4.69) is 0 Å². The van der Waals surface area contributed by atoms with Crippen LogP contribution in [0.5, 0.6) is 0 Å². The van der Waals surface area contributed by atoms with E-state index in [-0.39, 0.29) is 0 Å². The first-order valence-corrected chi connectivity index (χ1v) is 3.99. The molecular formula is C10H9N2O+. The minimum Gasteiger partial charge on any atom is -0.159 e. The number of benzene rings is 2. The summed E-state index contributed by atoms with van der Waals surface area (Å²) < 4.78 is 0. The van der Waals surface area contributed by atoms with Crippen LogP contribution in [-0.4, -0.2) is 4.87 Å². The van der Waals surface area contributed by atoms with Gasteiger partial charge in [0, 0.05) is 6.07 Å². The molecule has 0 aliphatic rings. The molecule has 0 spiro atoms. The van der Waals surface area contributed by atoms with Gasteiger partial charge in [-0.25, -0.2) is 0 Å². The van der Waals surface area contributed by atoms with E-state index in [1.165, 1.54) is 0 Å². The van der Waals surface area contributed by atoms with Gasteiger partial charge in [0.2, 0.25) is 0 Å². The monoisotopic (exact) mass is 173 g/mol. The molecule has 2 N–H and O–H groups in total. The highest BCUT2D eigenvalue weighted by molar-refractivity contribution is 5.90. The van der Waals surface area contributed by atoms with Gasteiger partial charge in [-0.05, 0) is 11.5 Å². The lowest BCUT2D eigenvalue weighted by atomic mass is 10.1. The Kier molecular flexibility index (Phi) is 1.70. The van der Waals surface area contributed by atoms with E-state index in [0.29, 0.717) is 10.6 Å². The van der Waals surface area contributed by atoms with Crippen LogP contribution in [0.2, 0.25) is 0 Å². The molecule has 2 aromatic carbocycles. The molecule has 0 heterocycles. The molecule has 0 aliphatic carbocycles. The van der Waals surface area contributed by atoms with Crippen LogP contribution in [0.3, 0.4) is 0 Å². The van der Waals surface area contributed by atoms with E-state index < -0.39 is 0 Å². The number of hydrazine groups is 1. The van der Waals surface area contributed by atoms with Gasteiger partial charge in [-0.3, -0.25) is 0 Å². The molecule has 0 amide bonds. The first-order valence-electron chi connectivity index (χ1n) is 3.99. The second-order valence-electron chi connectivity index (χ2n) is 2.82. The minimum atomic E-state index is 0.391. The van der Waals surface area contributed by atoms with Gasteiger partial charge in [-0.1, -0.05) is 30.3 Å². The highest BCUT2D eigenvalue weighted by atomic mass is 16.3. The van der Waals surface area contributed by atoms with E-state index in [1.54, 1.807) is 6.07 Å². The summed E-state index contributed by atoms with van der Waals surface area (Å²) in [5, 5.41) is 1.90. The molecule has 0 fully saturated rings. The van der Waals surface area contributed by atoms with E-state index in [1.807, 2.05) is 36.4 Å². The van der Waals surface area contributed by atoms with Crippen LogP contribution in [0.25, 0.3) is 10.8 Å². The molecule has 0 unspecified atom stereocenters. The number of nitrogens with two attached hydrogens (primary N) is 1. The van der Waals surface area contributed by atoms with Crippen molar-refractivity contribution in [1.29, 1.82) is 0 Å². The number of nitrogens with zero attached hydrogens (tertiary/aromatic N) is 1. The Balaban J connectivity index is 2.83. The average Bonchev–Trinajstić information content (AvgIpc) is 2.17. The average molecular weight is 173 g/mol. The highest BCUT2D eigenvalue weighted by Crippen LogP contribution is 2.23. The topological polar surface area (TPSA) is 46.1 Å². The molecule has 0 radical (unpaired) electrons. The second kappa shape index (κ2) is 2.86. The zero-order valence-electron chi connectivity index (χ0n) is 6.97. The fourth-order valence-electron chi connectivity index (χ4n) is 1.40. The molecule has 0 aromatic heterocycles. The van der Waals surface area contributed by atoms with Crippen LogP contribution in [-0.2, 0) is 0 Å². The van der Waals surface area contributed by atoms with Crippen LogP contribution in [0.15, 0.2) is 42.5 Å². The summed E-state index contributed by atoms with van der Waals surface area (Å²) in [7, 11) is 0. The van der Waals surface area contributed by atoms with Crippen LogP contribution in [0.1, 0.15) is 0 Å². The summed E-state index contributed by atoms with van der Waals surface area (Å²) in [4.78, 5) is 11.3. The molecule has 0 aliphatic heterocycles. The van der Waals surface area contributed by atoms with Crippen molar-refractivity contribution in [3.63, 3.8) is 0 Å². The van der Waals surface area contributed by atoms with Crippen molar-refractivity contribution in [3.05, 3.63) is 47.4 Å². The third-order valence-corrected chi connectivity index (χ3v) is 2.00. The van der Waals surface area contributed by atoms with Gasteiger partial charge >= 0.3 is 0 Å². The molecule has 3 nitrogen and oxygen atoms in total. The molecule has 0 saturated heterocycles. The highest BCUT2D eigenvalue weighted by Gasteiger charge is 2.12. The van der Waals surface area contributed by atoms with Crippen LogP contribution in [0.4, 0.5) is 5.69 Å². The Labute approximate surface area is 75.3 Å². The maximum absolute atomic E-state index is 11.0. The van der Waals surface area contributed by atoms with Crippen molar-refractivity contribution >= 4 is 16.5 Å². The lowest BCUT2D eigenvalue weighted by molar-refractivity contribution is -0.473. The normalized spacial score (nSPS) is 10.2. The van der Waals surface area contributed by atoms with Gasteiger partial charge in [-0.15, -0.1) is 0 Å². The predicted octanol–water partition coefficient (Wildman–Crippen LogP) is 2.12. The third kappa shape index (κ3) is 1.24. The Morgan fingerprint density at radius 2 is 1.69 bits per heavy atom. The number of fused-ring (bicyclic) bond motifs is 1. The third-order valence-electron chi connectivity index (χ3n) is 2.00. The summed E-state index contributed by atoms with van der Waals surface area (Å²) in [6.45, 7) is 0. The molecule has 13 heavy (non-hydrogen) atoms. The zero-order valence-corrected chi connectivity index (χ0v) is 6.97. The molecular weight excluding hydrogens is 164 g/mol. The van der Waals surface area contributed by atoms with Gasteiger partial charge < -0.3 is 0 Å². The summed E-state index contributed by atoms with van der Waals surface area (Å²) in [5.74, 6) is 5.16. The van der Waals surface area contributed by atoms with Crippen molar-refractivity contribution < 1.29 is 4.87 Å².